The van der Waals surface area contributed by atoms with Gasteiger partial charge in [-0.15, -0.1) is 0 Å². The van der Waals surface area contributed by atoms with Crippen LogP contribution < -0.4 is 0 Å². The van der Waals surface area contributed by atoms with Crippen LogP contribution in [-0.2, 0) is 143 Å². The van der Waals surface area contributed by atoms with Gasteiger partial charge in [0.15, 0.2) is 0 Å². The van der Waals surface area contributed by atoms with E-state index in [0.29, 0.717) is 0 Å². The Labute approximate surface area is 140 Å². The second-order valence-corrected chi connectivity index (χ2v) is 0. The molecule has 0 N–H and O–H groups in total. The summed E-state index contributed by atoms with van der Waals surface area (Å²) in [5.74, 6) is 0. The first kappa shape index (κ1) is 61.4. The molecule has 0 saturated carbocycles. The molecule has 7 heavy (non-hydrogen) atoms. The van der Waals surface area contributed by atoms with E-state index in [1.54, 1.807) is 0 Å². The van der Waals surface area contributed by atoms with Crippen LogP contribution in [0.3, 0.4) is 0 Å². The molecule has 0 saturated heterocycles. The zero-order valence-electron chi connectivity index (χ0n) is 2.77. The maximum absolute atomic E-state index is 0. The van der Waals surface area contributed by atoms with Crippen LogP contribution in [-0.4, -0.2) is 0 Å². The minimum Gasteiger partial charge on any atom is 2.00 e. The van der Waals surface area contributed by atoms with Crippen LogP contribution in [0.25, 0.3) is 0 Å². The molecule has 20 valence electrons. The molecular formula is Mo6Ni+26. The Kier molecular flexibility index (Phi) is 403. The Morgan fingerprint density at radius 1 is 0.286 bits per heavy atom. The molecule has 0 unspecified atom stereocenters. The summed E-state index contributed by atoms with van der Waals surface area (Å²) < 4.78 is 0. The molecule has 0 aliphatic rings. The second kappa shape index (κ2) is 46.0. The van der Waals surface area contributed by atoms with Gasteiger partial charge in [0.1, 0.15) is 0 Å². The summed E-state index contributed by atoms with van der Waals surface area (Å²) >= 11 is 0. The average Bonchev–Trinajstić information content (AvgIpc) is 0. The van der Waals surface area contributed by atoms with Gasteiger partial charge in [-0.1, -0.05) is 0 Å². The smallest absolute Gasteiger partial charge is 2.00 e. The number of hydrogen-bond acceptors (Lipinski definition) is 0. The van der Waals surface area contributed by atoms with Crippen LogP contribution in [0.2, 0.25) is 0 Å². The van der Waals surface area contributed by atoms with Gasteiger partial charge >= 0.3 is 143 Å². The molecule has 0 bridgehead atoms. The van der Waals surface area contributed by atoms with E-state index in [0.717, 1.165) is 0 Å². The number of hydrogen-bond donors (Lipinski definition) is 0. The van der Waals surface area contributed by atoms with Crippen molar-refractivity contribution in [1.82, 2.24) is 0 Å². The normalized spacial score (nSPS) is 0. The summed E-state index contributed by atoms with van der Waals surface area (Å²) in [6.45, 7) is 0. The molecule has 0 atom stereocenters. The molecule has 0 nitrogen and oxygen atoms in total. The molecule has 0 aromatic rings. The van der Waals surface area contributed by atoms with E-state index in [1.807, 2.05) is 0 Å². The Morgan fingerprint density at radius 3 is 0.286 bits per heavy atom. The van der Waals surface area contributed by atoms with E-state index in [-0.39, 0.29) is 143 Å². The minimum atomic E-state index is 0. The van der Waals surface area contributed by atoms with E-state index in [1.165, 1.54) is 0 Å². The third-order valence-corrected chi connectivity index (χ3v) is 0. The van der Waals surface area contributed by atoms with Crippen molar-refractivity contribution in [2.24, 2.45) is 0 Å². The van der Waals surface area contributed by atoms with Gasteiger partial charge in [0.25, 0.3) is 0 Å². The van der Waals surface area contributed by atoms with Crippen LogP contribution in [0.5, 0.6) is 0 Å². The third kappa shape index (κ3) is 37.0. The largest absolute Gasteiger partial charge is 4.00 e. The summed E-state index contributed by atoms with van der Waals surface area (Å²) in [5.41, 5.74) is 0. The molecule has 0 radical (unpaired) electrons. The first-order valence-electron chi connectivity index (χ1n) is 0. The predicted octanol–water partition coefficient (Wildman–Crippen LogP) is -0.0175. The van der Waals surface area contributed by atoms with Crippen LogP contribution in [0, 0.1) is 0 Å². The SMILES string of the molecule is [Mo+4].[Mo+4].[Mo+4].[Mo+4].[Mo+4].[Mo+4].[Ni+2]. The van der Waals surface area contributed by atoms with Crippen LogP contribution >= 0.6 is 0 Å². The van der Waals surface area contributed by atoms with E-state index in [4.69, 9.17) is 0 Å². The molecule has 0 heterocycles. The Morgan fingerprint density at radius 2 is 0.286 bits per heavy atom. The molecule has 0 spiro atoms. The van der Waals surface area contributed by atoms with Crippen molar-refractivity contribution in [3.05, 3.63) is 0 Å². The Bertz CT molecular complexity index is 4.14. The molecular weight excluding hydrogens is 634 g/mol. The maximum Gasteiger partial charge on any atom is 4.00 e. The monoisotopic (exact) mass is 645 g/mol. The minimum absolute atomic E-state index is 0. The fraction of sp³-hybridized carbons (Fsp3) is 0. The molecule has 0 amide bonds. The fourth-order valence-corrected chi connectivity index (χ4v) is 0. The third-order valence-electron chi connectivity index (χ3n) is 0. The van der Waals surface area contributed by atoms with E-state index in [9.17, 15) is 0 Å². The molecule has 7 heteroatoms. The molecule has 0 aromatic heterocycles. The van der Waals surface area contributed by atoms with Gasteiger partial charge in [-0.2, -0.15) is 0 Å². The van der Waals surface area contributed by atoms with Crippen LogP contribution in [0.1, 0.15) is 0 Å². The zero-order valence-corrected chi connectivity index (χ0v) is 15.8. The van der Waals surface area contributed by atoms with Gasteiger partial charge < -0.3 is 0 Å². The standard InChI is InChI=1S/6Mo.Ni/q6*+4;+2. The van der Waals surface area contributed by atoms with Gasteiger partial charge in [0.2, 0.25) is 0 Å². The topological polar surface area (TPSA) is 0 Å². The summed E-state index contributed by atoms with van der Waals surface area (Å²) in [4.78, 5) is 0. The second-order valence-electron chi connectivity index (χ2n) is 0. The maximum atomic E-state index is 0. The van der Waals surface area contributed by atoms with Gasteiger partial charge in [0.05, 0.1) is 0 Å². The zero-order chi connectivity index (χ0) is 0. The fourth-order valence-electron chi connectivity index (χ4n) is 0. The van der Waals surface area contributed by atoms with Crippen molar-refractivity contribution < 1.29 is 143 Å². The van der Waals surface area contributed by atoms with Gasteiger partial charge in [-0.3, -0.25) is 0 Å². The van der Waals surface area contributed by atoms with E-state index in [2.05, 4.69) is 0 Å². The average molecular weight is 634 g/mol. The molecule has 0 aromatic carbocycles. The van der Waals surface area contributed by atoms with Crippen molar-refractivity contribution in [1.29, 1.82) is 0 Å². The van der Waals surface area contributed by atoms with Crippen LogP contribution in [0.15, 0.2) is 0 Å². The molecule has 0 aliphatic heterocycles. The Balaban J connectivity index is 0. The van der Waals surface area contributed by atoms with Crippen LogP contribution in [0.4, 0.5) is 0 Å². The quantitative estimate of drug-likeness (QED) is 0.329. The van der Waals surface area contributed by atoms with E-state index >= 15 is 0 Å². The Hall–Kier alpha value is 4.62. The molecule has 0 aliphatic carbocycles. The number of rotatable bonds is 0. The van der Waals surface area contributed by atoms with Crippen molar-refractivity contribution in [3.63, 3.8) is 0 Å². The first-order chi connectivity index (χ1) is 0. The summed E-state index contributed by atoms with van der Waals surface area (Å²) in [7, 11) is 0. The van der Waals surface area contributed by atoms with Gasteiger partial charge in [0, 0.05) is 0 Å². The summed E-state index contributed by atoms with van der Waals surface area (Å²) in [5, 5.41) is 0. The molecule has 0 rings (SSSR count). The summed E-state index contributed by atoms with van der Waals surface area (Å²) in [6, 6.07) is 0. The van der Waals surface area contributed by atoms with Crippen molar-refractivity contribution in [2.75, 3.05) is 0 Å². The van der Waals surface area contributed by atoms with E-state index < -0.39 is 0 Å². The predicted molar refractivity (Wildman–Crippen MR) is 0 cm³/mol. The van der Waals surface area contributed by atoms with Gasteiger partial charge in [-0.05, 0) is 0 Å². The molecule has 0 fully saturated rings. The van der Waals surface area contributed by atoms with Gasteiger partial charge in [-0.25, -0.2) is 0 Å². The van der Waals surface area contributed by atoms with Crippen molar-refractivity contribution >= 4 is 0 Å². The summed E-state index contributed by atoms with van der Waals surface area (Å²) in [6.07, 6.45) is 0. The van der Waals surface area contributed by atoms with Crippen molar-refractivity contribution in [3.8, 4) is 0 Å². The first-order valence-corrected chi connectivity index (χ1v) is 0. The van der Waals surface area contributed by atoms with Crippen molar-refractivity contribution in [2.45, 2.75) is 0 Å².